The predicted octanol–water partition coefficient (Wildman–Crippen LogP) is 3.99. The van der Waals surface area contributed by atoms with E-state index in [1.165, 1.54) is 11.0 Å². The molecule has 172 valence electrons. The van der Waals surface area contributed by atoms with Gasteiger partial charge >= 0.3 is 0 Å². The number of halogens is 2. The minimum absolute atomic E-state index is 0.0895. The van der Waals surface area contributed by atoms with Gasteiger partial charge in [-0.1, -0.05) is 48.0 Å². The molecule has 5 rings (SSSR count). The van der Waals surface area contributed by atoms with Gasteiger partial charge in [-0.25, -0.2) is 4.39 Å². The van der Waals surface area contributed by atoms with Gasteiger partial charge in [-0.3, -0.25) is 14.4 Å². The summed E-state index contributed by atoms with van der Waals surface area (Å²) in [5.41, 5.74) is 2.36. The average Bonchev–Trinajstić information content (AvgIpc) is 2.93. The Balaban J connectivity index is 1.39. The number of nitrogens with one attached hydrogen (secondary N) is 1. The lowest BCUT2D eigenvalue weighted by atomic mass is 10.0. The van der Waals surface area contributed by atoms with Crippen molar-refractivity contribution in [2.45, 2.75) is 12.5 Å². The van der Waals surface area contributed by atoms with Crippen LogP contribution in [0.3, 0.4) is 0 Å². The summed E-state index contributed by atoms with van der Waals surface area (Å²) in [5.74, 6) is -1.27. The quantitative estimate of drug-likeness (QED) is 0.620. The standard InChI is InChI=1S/C26H21ClFN3O3/c27-18-7-8-19(21(28)14-18)17-6-9-22-20(13-17)26(34)31-11-10-30(15-23(31)25(33)29-22)24(32)12-16-4-2-1-3-5-16/h1-9,13-14,23H,10-12,15H2,(H,29,33). The molecule has 1 unspecified atom stereocenters. The summed E-state index contributed by atoms with van der Waals surface area (Å²) in [6, 6.07) is 17.8. The number of anilines is 1. The molecule has 1 N–H and O–H groups in total. The fraction of sp³-hybridized carbons (Fsp3) is 0.192. The summed E-state index contributed by atoms with van der Waals surface area (Å²) in [7, 11) is 0. The maximum atomic E-state index is 14.5. The second kappa shape index (κ2) is 8.91. The Morgan fingerprint density at radius 1 is 1.00 bits per heavy atom. The van der Waals surface area contributed by atoms with Gasteiger partial charge in [-0.05, 0) is 41.5 Å². The van der Waals surface area contributed by atoms with Crippen LogP contribution in [-0.2, 0) is 16.0 Å². The number of hydrogen-bond acceptors (Lipinski definition) is 3. The highest BCUT2D eigenvalue weighted by Gasteiger charge is 2.40. The highest BCUT2D eigenvalue weighted by atomic mass is 35.5. The van der Waals surface area contributed by atoms with Crippen molar-refractivity contribution in [2.24, 2.45) is 0 Å². The fourth-order valence-electron chi connectivity index (χ4n) is 4.45. The number of piperazine rings is 1. The molecule has 2 aliphatic heterocycles. The van der Waals surface area contributed by atoms with Crippen LogP contribution in [-0.4, -0.2) is 53.2 Å². The van der Waals surface area contributed by atoms with Gasteiger partial charge in [-0.15, -0.1) is 0 Å². The van der Waals surface area contributed by atoms with E-state index in [0.29, 0.717) is 23.4 Å². The van der Waals surface area contributed by atoms with Crippen molar-refractivity contribution in [1.29, 1.82) is 0 Å². The Bertz CT molecular complexity index is 1300. The van der Waals surface area contributed by atoms with Gasteiger partial charge < -0.3 is 15.1 Å². The molecule has 6 nitrogen and oxygen atoms in total. The second-order valence-electron chi connectivity index (χ2n) is 8.39. The Labute approximate surface area is 200 Å². The number of fused-ring (bicyclic) bond motifs is 2. The minimum Gasteiger partial charge on any atom is -0.338 e. The Kier molecular flexibility index (Phi) is 5.79. The summed E-state index contributed by atoms with van der Waals surface area (Å²) < 4.78 is 14.5. The maximum absolute atomic E-state index is 14.5. The molecule has 1 atom stereocenters. The molecule has 34 heavy (non-hydrogen) atoms. The molecular formula is C26H21ClFN3O3. The molecule has 2 heterocycles. The van der Waals surface area contributed by atoms with Crippen LogP contribution in [0.1, 0.15) is 15.9 Å². The molecule has 0 saturated carbocycles. The first kappa shape index (κ1) is 22.1. The lowest BCUT2D eigenvalue weighted by Crippen LogP contribution is -2.59. The molecule has 0 aliphatic carbocycles. The van der Waals surface area contributed by atoms with Crippen LogP contribution in [0.25, 0.3) is 11.1 Å². The van der Waals surface area contributed by atoms with E-state index in [1.807, 2.05) is 30.3 Å². The molecule has 3 aromatic carbocycles. The number of benzene rings is 3. The van der Waals surface area contributed by atoms with E-state index in [-0.39, 0.29) is 47.8 Å². The number of carbonyl (C=O) groups is 3. The number of carbonyl (C=O) groups excluding carboxylic acids is 3. The van der Waals surface area contributed by atoms with Crippen LogP contribution in [0.5, 0.6) is 0 Å². The van der Waals surface area contributed by atoms with E-state index in [9.17, 15) is 18.8 Å². The van der Waals surface area contributed by atoms with Gasteiger partial charge in [0, 0.05) is 23.7 Å². The molecular weight excluding hydrogens is 457 g/mol. The lowest BCUT2D eigenvalue weighted by molar-refractivity contribution is -0.135. The van der Waals surface area contributed by atoms with Crippen LogP contribution in [0.15, 0.2) is 66.7 Å². The minimum atomic E-state index is -0.802. The van der Waals surface area contributed by atoms with Crippen LogP contribution in [0.4, 0.5) is 10.1 Å². The van der Waals surface area contributed by atoms with Crippen molar-refractivity contribution in [1.82, 2.24) is 9.80 Å². The van der Waals surface area contributed by atoms with Gasteiger partial charge in [0.2, 0.25) is 11.8 Å². The van der Waals surface area contributed by atoms with Crippen molar-refractivity contribution < 1.29 is 18.8 Å². The predicted molar refractivity (Wildman–Crippen MR) is 127 cm³/mol. The van der Waals surface area contributed by atoms with E-state index in [1.54, 1.807) is 35.2 Å². The Hall–Kier alpha value is -3.71. The summed E-state index contributed by atoms with van der Waals surface area (Å²) in [5, 5.41) is 3.09. The van der Waals surface area contributed by atoms with Crippen molar-refractivity contribution in [3.63, 3.8) is 0 Å². The molecule has 1 fully saturated rings. The smallest absolute Gasteiger partial charge is 0.256 e. The summed E-state index contributed by atoms with van der Waals surface area (Å²) in [4.78, 5) is 42.4. The highest BCUT2D eigenvalue weighted by molar-refractivity contribution is 6.30. The third kappa shape index (κ3) is 4.15. The first-order valence-corrected chi connectivity index (χ1v) is 11.3. The van der Waals surface area contributed by atoms with Crippen molar-refractivity contribution in [3.05, 3.63) is 88.7 Å². The fourth-order valence-corrected chi connectivity index (χ4v) is 4.61. The molecule has 0 aromatic heterocycles. The number of rotatable bonds is 3. The first-order valence-electron chi connectivity index (χ1n) is 10.9. The molecule has 8 heteroatoms. The van der Waals surface area contributed by atoms with E-state index < -0.39 is 11.9 Å². The first-order chi connectivity index (χ1) is 16.4. The third-order valence-corrected chi connectivity index (χ3v) is 6.48. The van der Waals surface area contributed by atoms with Gasteiger partial charge in [0.1, 0.15) is 11.9 Å². The van der Waals surface area contributed by atoms with Gasteiger partial charge in [0.05, 0.1) is 24.2 Å². The summed E-state index contributed by atoms with van der Waals surface area (Å²) in [6.07, 6.45) is 0.235. The Morgan fingerprint density at radius 2 is 1.79 bits per heavy atom. The summed E-state index contributed by atoms with van der Waals surface area (Å²) >= 11 is 5.86. The molecule has 0 radical (unpaired) electrons. The molecule has 3 aromatic rings. The van der Waals surface area contributed by atoms with Crippen LogP contribution < -0.4 is 5.32 Å². The normalized spacial score (nSPS) is 17.5. The highest BCUT2D eigenvalue weighted by Crippen LogP contribution is 2.32. The van der Waals surface area contributed by atoms with Gasteiger partial charge in [0.25, 0.3) is 5.91 Å². The molecule has 1 saturated heterocycles. The Morgan fingerprint density at radius 3 is 2.56 bits per heavy atom. The van der Waals surface area contributed by atoms with Gasteiger partial charge in [-0.2, -0.15) is 0 Å². The number of hydrogen-bond donors (Lipinski definition) is 1. The van der Waals surface area contributed by atoms with Crippen molar-refractivity contribution in [3.8, 4) is 11.1 Å². The van der Waals surface area contributed by atoms with E-state index >= 15 is 0 Å². The summed E-state index contributed by atoms with van der Waals surface area (Å²) in [6.45, 7) is 0.689. The van der Waals surface area contributed by atoms with Crippen molar-refractivity contribution in [2.75, 3.05) is 25.0 Å². The molecule has 0 spiro atoms. The van der Waals surface area contributed by atoms with Crippen molar-refractivity contribution >= 4 is 35.0 Å². The zero-order valence-electron chi connectivity index (χ0n) is 18.1. The topological polar surface area (TPSA) is 69.7 Å². The zero-order valence-corrected chi connectivity index (χ0v) is 18.9. The van der Waals surface area contributed by atoms with E-state index in [4.69, 9.17) is 11.6 Å². The van der Waals surface area contributed by atoms with Crippen LogP contribution in [0.2, 0.25) is 5.02 Å². The van der Waals surface area contributed by atoms with Crippen LogP contribution >= 0.6 is 11.6 Å². The largest absolute Gasteiger partial charge is 0.338 e. The third-order valence-electron chi connectivity index (χ3n) is 6.24. The van der Waals surface area contributed by atoms with Crippen LogP contribution in [0, 0.1) is 5.82 Å². The second-order valence-corrected chi connectivity index (χ2v) is 8.83. The zero-order chi connectivity index (χ0) is 23.8. The lowest BCUT2D eigenvalue weighted by Gasteiger charge is -2.39. The average molecular weight is 478 g/mol. The molecule has 3 amide bonds. The molecule has 2 aliphatic rings. The van der Waals surface area contributed by atoms with Gasteiger partial charge in [0.15, 0.2) is 0 Å². The molecule has 0 bridgehead atoms. The maximum Gasteiger partial charge on any atom is 0.256 e. The monoisotopic (exact) mass is 477 g/mol. The number of amides is 3. The van der Waals surface area contributed by atoms with E-state index in [2.05, 4.69) is 5.32 Å². The SMILES string of the molecule is O=C1Nc2ccc(-c3ccc(Cl)cc3F)cc2C(=O)N2CCN(C(=O)Cc3ccccc3)CC12. The number of nitrogens with zero attached hydrogens (tertiary/aromatic N) is 2. The van der Waals surface area contributed by atoms with E-state index in [0.717, 1.165) is 5.56 Å².